The van der Waals surface area contributed by atoms with Crippen LogP contribution in [0.15, 0.2) is 41.3 Å². The fraction of sp³-hybridized carbons (Fsp3) is 0.556. The van der Waals surface area contributed by atoms with Crippen molar-refractivity contribution in [2.75, 3.05) is 5.75 Å². The predicted molar refractivity (Wildman–Crippen MR) is 86.0 cm³/mol. The first kappa shape index (κ1) is 13.0. The van der Waals surface area contributed by atoms with Crippen LogP contribution in [0.2, 0.25) is 0 Å². The van der Waals surface area contributed by atoms with Gasteiger partial charge in [-0.25, -0.2) is 0 Å². The van der Waals surface area contributed by atoms with Crippen LogP contribution in [0.1, 0.15) is 37.8 Å². The third-order valence-electron chi connectivity index (χ3n) is 5.40. The van der Waals surface area contributed by atoms with Gasteiger partial charge in [-0.05, 0) is 61.3 Å². The molecule has 0 spiro atoms. The van der Waals surface area contributed by atoms with Crippen LogP contribution in [0.5, 0.6) is 0 Å². The second kappa shape index (κ2) is 5.23. The van der Waals surface area contributed by atoms with Gasteiger partial charge in [0.1, 0.15) is 0 Å². The van der Waals surface area contributed by atoms with E-state index in [9.17, 15) is 0 Å². The molecule has 1 saturated carbocycles. The molecule has 1 heterocycles. The molecule has 1 aromatic rings. The fourth-order valence-corrected chi connectivity index (χ4v) is 5.48. The molecule has 3 aliphatic rings. The number of fused-ring (bicyclic) bond motifs is 3. The summed E-state index contributed by atoms with van der Waals surface area (Å²) in [6.45, 7) is 2.41. The average Bonchev–Trinajstić information content (AvgIpc) is 3.10. The highest BCUT2D eigenvalue weighted by Gasteiger charge is 2.39. The minimum Gasteiger partial charge on any atom is -0.307 e. The molecule has 4 rings (SSSR count). The summed E-state index contributed by atoms with van der Waals surface area (Å²) in [7, 11) is 0. The maximum atomic E-state index is 3.95. The lowest BCUT2D eigenvalue weighted by Crippen LogP contribution is -2.39. The van der Waals surface area contributed by atoms with Gasteiger partial charge >= 0.3 is 0 Å². The molecule has 0 saturated heterocycles. The number of benzene rings is 1. The van der Waals surface area contributed by atoms with Gasteiger partial charge in [-0.3, -0.25) is 0 Å². The topological polar surface area (TPSA) is 12.0 Å². The van der Waals surface area contributed by atoms with E-state index in [1.807, 2.05) is 11.8 Å². The summed E-state index contributed by atoms with van der Waals surface area (Å²) in [5.74, 6) is 3.82. The molecule has 0 amide bonds. The van der Waals surface area contributed by atoms with Gasteiger partial charge in [-0.2, -0.15) is 0 Å². The summed E-state index contributed by atoms with van der Waals surface area (Å²) in [6, 6.07) is 10.1. The standard InChI is InChI=1S/C18H23NS/c1-12(16-11-13-6-7-14(16)10-13)19-17-8-9-20-18-5-3-2-4-15(17)18/h2-7,12-14,16-17,19H,8-11H2,1H3. The van der Waals surface area contributed by atoms with Gasteiger partial charge < -0.3 is 5.32 Å². The zero-order valence-electron chi connectivity index (χ0n) is 12.1. The summed E-state index contributed by atoms with van der Waals surface area (Å²) in [4.78, 5) is 1.48. The Kier molecular flexibility index (Phi) is 3.39. The molecule has 1 fully saturated rings. The van der Waals surface area contributed by atoms with Crippen LogP contribution >= 0.6 is 11.8 Å². The Morgan fingerprint density at radius 2 is 2.10 bits per heavy atom. The second-order valence-electron chi connectivity index (χ2n) is 6.63. The molecule has 20 heavy (non-hydrogen) atoms. The fourth-order valence-electron chi connectivity index (χ4n) is 4.35. The van der Waals surface area contributed by atoms with E-state index in [1.54, 1.807) is 0 Å². The number of thioether (sulfide) groups is 1. The minimum absolute atomic E-state index is 0.561. The SMILES string of the molecule is CC(NC1CCSc2ccccc21)C1CC2C=CC1C2. The molecule has 5 unspecified atom stereocenters. The Bertz CT molecular complexity index is 524. The molecule has 0 radical (unpaired) electrons. The van der Waals surface area contributed by atoms with Crippen LogP contribution in [0.25, 0.3) is 0 Å². The maximum Gasteiger partial charge on any atom is 0.0341 e. The highest BCUT2D eigenvalue weighted by molar-refractivity contribution is 7.99. The Morgan fingerprint density at radius 3 is 2.90 bits per heavy atom. The zero-order valence-corrected chi connectivity index (χ0v) is 12.9. The van der Waals surface area contributed by atoms with Crippen LogP contribution in [0.3, 0.4) is 0 Å². The second-order valence-corrected chi connectivity index (χ2v) is 7.76. The van der Waals surface area contributed by atoms with Crippen molar-refractivity contribution in [1.82, 2.24) is 5.32 Å². The Morgan fingerprint density at radius 1 is 1.20 bits per heavy atom. The first-order valence-corrected chi connectivity index (χ1v) is 8.96. The summed E-state index contributed by atoms with van der Waals surface area (Å²) < 4.78 is 0. The van der Waals surface area contributed by atoms with Gasteiger partial charge in [0.2, 0.25) is 0 Å². The monoisotopic (exact) mass is 285 g/mol. The molecule has 1 aromatic carbocycles. The molecule has 1 N–H and O–H groups in total. The first-order valence-electron chi connectivity index (χ1n) is 7.97. The summed E-state index contributed by atoms with van der Waals surface area (Å²) in [6.07, 6.45) is 9.00. The highest BCUT2D eigenvalue weighted by Crippen LogP contribution is 2.45. The minimum atomic E-state index is 0.561. The molecule has 1 nitrogen and oxygen atoms in total. The third kappa shape index (κ3) is 2.23. The van der Waals surface area contributed by atoms with Crippen molar-refractivity contribution in [3.05, 3.63) is 42.0 Å². The van der Waals surface area contributed by atoms with Gasteiger partial charge in [0.15, 0.2) is 0 Å². The maximum absolute atomic E-state index is 3.95. The lowest BCUT2D eigenvalue weighted by Gasteiger charge is -2.33. The lowest BCUT2D eigenvalue weighted by molar-refractivity contribution is 0.296. The van der Waals surface area contributed by atoms with E-state index in [2.05, 4.69) is 48.7 Å². The van der Waals surface area contributed by atoms with E-state index in [0.29, 0.717) is 12.1 Å². The number of hydrogen-bond acceptors (Lipinski definition) is 2. The average molecular weight is 285 g/mol. The molecule has 0 aromatic heterocycles. The zero-order chi connectivity index (χ0) is 13.5. The smallest absolute Gasteiger partial charge is 0.0341 e. The van der Waals surface area contributed by atoms with E-state index < -0.39 is 0 Å². The molecular weight excluding hydrogens is 262 g/mol. The van der Waals surface area contributed by atoms with Gasteiger partial charge in [0, 0.05) is 17.0 Å². The van der Waals surface area contributed by atoms with Crippen molar-refractivity contribution in [3.63, 3.8) is 0 Å². The molecular formula is C18H23NS. The Balaban J connectivity index is 1.48. The van der Waals surface area contributed by atoms with Crippen LogP contribution < -0.4 is 5.32 Å². The van der Waals surface area contributed by atoms with Crippen molar-refractivity contribution in [2.45, 2.75) is 43.2 Å². The van der Waals surface area contributed by atoms with Gasteiger partial charge in [0.05, 0.1) is 0 Å². The van der Waals surface area contributed by atoms with E-state index in [4.69, 9.17) is 0 Å². The van der Waals surface area contributed by atoms with Crippen molar-refractivity contribution < 1.29 is 0 Å². The molecule has 1 aliphatic heterocycles. The van der Waals surface area contributed by atoms with Crippen LogP contribution in [-0.2, 0) is 0 Å². The lowest BCUT2D eigenvalue weighted by atomic mass is 9.86. The van der Waals surface area contributed by atoms with E-state index in [0.717, 1.165) is 17.8 Å². The van der Waals surface area contributed by atoms with E-state index in [1.165, 1.54) is 35.5 Å². The predicted octanol–water partition coefficient (Wildman–Crippen LogP) is 4.41. The normalized spacial score (nSPS) is 36.0. The third-order valence-corrected chi connectivity index (χ3v) is 6.52. The Labute approximate surface area is 126 Å². The molecule has 2 bridgehead atoms. The molecule has 2 heteroatoms. The molecule has 2 aliphatic carbocycles. The number of nitrogens with one attached hydrogen (secondary N) is 1. The van der Waals surface area contributed by atoms with Crippen LogP contribution in [0, 0.1) is 17.8 Å². The summed E-state index contributed by atoms with van der Waals surface area (Å²) in [5.41, 5.74) is 1.52. The first-order chi connectivity index (χ1) is 9.81. The number of allylic oxidation sites excluding steroid dienone is 2. The quantitative estimate of drug-likeness (QED) is 0.825. The van der Waals surface area contributed by atoms with Gasteiger partial charge in [-0.15, -0.1) is 11.8 Å². The number of hydrogen-bond donors (Lipinski definition) is 1. The van der Waals surface area contributed by atoms with E-state index in [-0.39, 0.29) is 0 Å². The van der Waals surface area contributed by atoms with Crippen LogP contribution in [0.4, 0.5) is 0 Å². The van der Waals surface area contributed by atoms with Crippen molar-refractivity contribution >= 4 is 11.8 Å². The number of rotatable bonds is 3. The van der Waals surface area contributed by atoms with Gasteiger partial charge in [-0.1, -0.05) is 30.4 Å². The van der Waals surface area contributed by atoms with Crippen molar-refractivity contribution in [2.24, 2.45) is 17.8 Å². The summed E-state index contributed by atoms with van der Waals surface area (Å²) in [5, 5.41) is 3.95. The van der Waals surface area contributed by atoms with Crippen LogP contribution in [-0.4, -0.2) is 11.8 Å². The van der Waals surface area contributed by atoms with Crippen molar-refractivity contribution in [3.8, 4) is 0 Å². The summed E-state index contributed by atoms with van der Waals surface area (Å²) >= 11 is 2.01. The molecule has 106 valence electrons. The van der Waals surface area contributed by atoms with Crippen molar-refractivity contribution in [1.29, 1.82) is 0 Å². The largest absolute Gasteiger partial charge is 0.307 e. The van der Waals surface area contributed by atoms with E-state index >= 15 is 0 Å². The van der Waals surface area contributed by atoms with Gasteiger partial charge in [0.25, 0.3) is 0 Å². The molecule has 5 atom stereocenters. The highest BCUT2D eigenvalue weighted by atomic mass is 32.2. The Hall–Kier alpha value is -0.730.